The fourth-order valence-corrected chi connectivity index (χ4v) is 7.48. The van der Waals surface area contributed by atoms with Crippen molar-refractivity contribution in [1.29, 1.82) is 0 Å². The summed E-state index contributed by atoms with van der Waals surface area (Å²) in [4.78, 5) is 59.4. The van der Waals surface area contributed by atoms with Crippen molar-refractivity contribution in [2.24, 2.45) is 11.8 Å². The van der Waals surface area contributed by atoms with Crippen LogP contribution in [0.2, 0.25) is 5.02 Å². The summed E-state index contributed by atoms with van der Waals surface area (Å²) in [5, 5.41) is 17.0. The summed E-state index contributed by atoms with van der Waals surface area (Å²) in [6, 6.07) is 5.56. The van der Waals surface area contributed by atoms with Crippen LogP contribution in [0, 0.1) is 11.8 Å². The Morgan fingerprint density at radius 2 is 1.92 bits per heavy atom. The molecule has 1 saturated heterocycles. The maximum absolute atomic E-state index is 14.1. The summed E-state index contributed by atoms with van der Waals surface area (Å²) in [5.41, 5.74) is -0.919. The Morgan fingerprint density at radius 3 is 2.68 bits per heavy atom. The van der Waals surface area contributed by atoms with E-state index in [-0.39, 0.29) is 49.7 Å². The van der Waals surface area contributed by atoms with Gasteiger partial charge in [-0.05, 0) is 69.4 Å². The third-order valence-corrected chi connectivity index (χ3v) is 10.4. The van der Waals surface area contributed by atoms with Crippen molar-refractivity contribution in [3.05, 3.63) is 41.4 Å². The van der Waals surface area contributed by atoms with Crippen LogP contribution >= 0.6 is 11.6 Å². The number of carbonyl (C=O) groups is 4. The predicted molar refractivity (Wildman–Crippen MR) is 186 cm³/mol. The summed E-state index contributed by atoms with van der Waals surface area (Å²) in [5.74, 6) is -1.30. The van der Waals surface area contributed by atoms with Crippen molar-refractivity contribution < 1.29 is 38.5 Å². The van der Waals surface area contributed by atoms with Crippen molar-refractivity contribution in [2.75, 3.05) is 13.2 Å². The molecule has 2 aliphatic carbocycles. The van der Waals surface area contributed by atoms with Gasteiger partial charge in [0.1, 0.15) is 29.5 Å². The van der Waals surface area contributed by atoms with E-state index in [0.717, 1.165) is 44.9 Å². The van der Waals surface area contributed by atoms with Crippen molar-refractivity contribution in [3.8, 4) is 11.6 Å². The lowest BCUT2D eigenvalue weighted by atomic mass is 10.0. The van der Waals surface area contributed by atoms with E-state index < -0.39 is 41.7 Å². The number of amides is 3. The molecule has 0 spiro atoms. The summed E-state index contributed by atoms with van der Waals surface area (Å²) in [6.07, 6.45) is 9.44. The van der Waals surface area contributed by atoms with Crippen molar-refractivity contribution in [3.63, 3.8) is 0 Å². The minimum Gasteiger partial charge on any atom is -0.488 e. The van der Waals surface area contributed by atoms with Crippen LogP contribution in [0.3, 0.4) is 0 Å². The number of hydrogen-bond acceptors (Lipinski definition) is 8. The largest absolute Gasteiger partial charge is 0.488 e. The minimum absolute atomic E-state index is 0.0419. The van der Waals surface area contributed by atoms with Gasteiger partial charge < -0.3 is 34.9 Å². The molecule has 6 rings (SSSR count). The fraction of sp³-hybridized carbons (Fsp3) is 0.595. The Bertz CT molecular complexity index is 1630. The average Bonchev–Trinajstić information content (AvgIpc) is 3.35. The molecule has 2 aromatic rings. The van der Waals surface area contributed by atoms with Crippen LogP contribution in [-0.2, 0) is 19.1 Å². The van der Waals surface area contributed by atoms with Gasteiger partial charge in [-0.25, -0.2) is 14.6 Å². The number of para-hydroxylation sites is 1. The first kappa shape index (κ1) is 35.8. The highest BCUT2D eigenvalue weighted by Gasteiger charge is 2.61. The maximum Gasteiger partial charge on any atom is 0.407 e. The highest BCUT2D eigenvalue weighted by molar-refractivity contribution is 6.35. The molecule has 50 heavy (non-hydrogen) atoms. The lowest BCUT2D eigenvalue weighted by Gasteiger charge is -2.27. The number of pyridine rings is 1. The molecule has 3 N–H and O–H groups in total. The van der Waals surface area contributed by atoms with Crippen molar-refractivity contribution in [2.45, 2.75) is 114 Å². The van der Waals surface area contributed by atoms with Gasteiger partial charge in [-0.1, -0.05) is 50.1 Å². The second kappa shape index (κ2) is 15.4. The zero-order chi connectivity index (χ0) is 35.4. The molecule has 13 heteroatoms. The normalized spacial score (nSPS) is 28.2. The van der Waals surface area contributed by atoms with Crippen LogP contribution < -0.4 is 20.1 Å². The van der Waals surface area contributed by atoms with E-state index in [1.54, 1.807) is 18.2 Å². The van der Waals surface area contributed by atoms with E-state index in [2.05, 4.69) is 15.6 Å². The molecule has 3 heterocycles. The highest BCUT2D eigenvalue weighted by Crippen LogP contribution is 2.45. The summed E-state index contributed by atoms with van der Waals surface area (Å²) < 4.78 is 18.1. The molecule has 0 radical (unpaired) electrons. The number of nitrogens with one attached hydrogen (secondary N) is 2. The quantitative estimate of drug-likeness (QED) is 0.289. The second-order valence-electron chi connectivity index (χ2n) is 14.5. The number of carbonyl (C=O) groups excluding carboxylic acids is 3. The van der Waals surface area contributed by atoms with Gasteiger partial charge in [0.05, 0.1) is 23.7 Å². The van der Waals surface area contributed by atoms with Crippen LogP contribution in [0.1, 0.15) is 84.5 Å². The SMILES string of the molecule is CC(C)COc1cc(O[C@@H]2C[C@H]3C(=O)N[C@]4(C(=O)O)C[C@H]4/C=C\CCCC[C@H](NC(=O)OC4CCCC4)CC(=O)N3C2)c2cccc(Cl)c2n1. The zero-order valence-electron chi connectivity index (χ0n) is 28.7. The molecule has 4 aliphatic rings. The van der Waals surface area contributed by atoms with Crippen LogP contribution in [0.25, 0.3) is 10.9 Å². The average molecular weight is 711 g/mol. The first-order chi connectivity index (χ1) is 24.0. The first-order valence-electron chi connectivity index (χ1n) is 17.9. The molecule has 0 bridgehead atoms. The number of alkyl carbamates (subject to hydrolysis) is 1. The van der Waals surface area contributed by atoms with Gasteiger partial charge in [-0.2, -0.15) is 0 Å². The fourth-order valence-electron chi connectivity index (χ4n) is 7.26. The Labute approximate surface area is 297 Å². The van der Waals surface area contributed by atoms with Gasteiger partial charge in [0.2, 0.25) is 17.7 Å². The topological polar surface area (TPSA) is 156 Å². The molecule has 1 aromatic carbocycles. The van der Waals surface area contributed by atoms with Gasteiger partial charge in [-0.15, -0.1) is 0 Å². The van der Waals surface area contributed by atoms with Crippen molar-refractivity contribution >= 4 is 46.4 Å². The van der Waals surface area contributed by atoms with Crippen LogP contribution in [0.4, 0.5) is 4.79 Å². The van der Waals surface area contributed by atoms with Crippen LogP contribution in [0.5, 0.6) is 11.6 Å². The second-order valence-corrected chi connectivity index (χ2v) is 14.9. The zero-order valence-corrected chi connectivity index (χ0v) is 29.5. The molecule has 5 atom stereocenters. The first-order valence-corrected chi connectivity index (χ1v) is 18.3. The predicted octanol–water partition coefficient (Wildman–Crippen LogP) is 5.79. The smallest absolute Gasteiger partial charge is 0.407 e. The Balaban J connectivity index is 1.26. The summed E-state index contributed by atoms with van der Waals surface area (Å²) in [6.45, 7) is 4.56. The van der Waals surface area contributed by atoms with Crippen LogP contribution in [-0.4, -0.2) is 81.8 Å². The van der Waals surface area contributed by atoms with E-state index in [1.807, 2.05) is 32.1 Å². The van der Waals surface area contributed by atoms with Crippen molar-refractivity contribution in [1.82, 2.24) is 20.5 Å². The molecule has 3 amide bonds. The number of aromatic nitrogens is 1. The van der Waals surface area contributed by atoms with E-state index in [4.69, 9.17) is 25.8 Å². The van der Waals surface area contributed by atoms with Gasteiger partial charge >= 0.3 is 12.1 Å². The minimum atomic E-state index is -1.42. The Morgan fingerprint density at radius 1 is 1.14 bits per heavy atom. The molecule has 1 aromatic heterocycles. The van der Waals surface area contributed by atoms with Gasteiger partial charge in [-0.3, -0.25) is 9.59 Å². The van der Waals surface area contributed by atoms with Gasteiger partial charge in [0.25, 0.3) is 0 Å². The molecule has 2 aliphatic heterocycles. The molecule has 2 saturated carbocycles. The number of rotatable bonds is 8. The van der Waals surface area contributed by atoms with E-state index in [1.165, 1.54) is 4.90 Å². The number of hydrogen-bond donors (Lipinski definition) is 3. The Hall–Kier alpha value is -4.06. The molecular weight excluding hydrogens is 664 g/mol. The summed E-state index contributed by atoms with van der Waals surface area (Å²) >= 11 is 6.53. The van der Waals surface area contributed by atoms with E-state index in [9.17, 15) is 24.3 Å². The maximum atomic E-state index is 14.1. The third kappa shape index (κ3) is 8.28. The molecular formula is C37H47ClN4O8. The van der Waals surface area contributed by atoms with E-state index >= 15 is 0 Å². The van der Waals surface area contributed by atoms with Gasteiger partial charge in [0, 0.05) is 36.3 Å². The Kier molecular flexibility index (Phi) is 11.0. The van der Waals surface area contributed by atoms with Crippen LogP contribution in [0.15, 0.2) is 36.4 Å². The number of benzene rings is 1. The molecule has 0 unspecified atom stereocenters. The molecule has 12 nitrogen and oxygen atoms in total. The standard InChI is InChI=1S/C37H47ClN4O8/c1-22(2)21-48-31-18-30(27-14-9-15-28(38)33(27)40-31)49-26-17-29-34(44)41-37(35(45)46)19-23(37)10-5-3-4-6-11-24(16-32(43)42(29)20-26)39-36(47)50-25-12-7-8-13-25/h5,9-10,14-15,18,22-26,29H,3-4,6-8,11-13,16-17,19-21H2,1-2H3,(H,39,47)(H,41,44)(H,45,46)/b10-5-/t23-,24+,26-,29+,37-/m1/s1. The number of carboxylic acids is 1. The lowest BCUT2D eigenvalue weighted by Crippen LogP contribution is -2.53. The van der Waals surface area contributed by atoms with E-state index in [0.29, 0.717) is 40.6 Å². The number of ether oxygens (including phenoxy) is 3. The lowest BCUT2D eigenvalue weighted by molar-refractivity contribution is -0.145. The number of carboxylic acid groups (broad SMARTS) is 1. The number of fused-ring (bicyclic) bond motifs is 3. The summed E-state index contributed by atoms with van der Waals surface area (Å²) in [7, 11) is 0. The number of allylic oxidation sites excluding steroid dienone is 1. The molecule has 3 fully saturated rings. The third-order valence-electron chi connectivity index (χ3n) is 10.1. The van der Waals surface area contributed by atoms with Gasteiger partial charge in [0.15, 0.2) is 0 Å². The number of aliphatic carboxylic acids is 1. The molecule has 270 valence electrons. The number of nitrogens with zero attached hydrogens (tertiary/aromatic N) is 2. The highest BCUT2D eigenvalue weighted by atomic mass is 35.5. The monoisotopic (exact) mass is 710 g/mol. The number of halogens is 1.